The third-order valence-corrected chi connectivity index (χ3v) is 6.70. The summed E-state index contributed by atoms with van der Waals surface area (Å²) in [5.74, 6) is 1.30. The van der Waals surface area contributed by atoms with E-state index in [4.69, 9.17) is 13.6 Å². The van der Waals surface area contributed by atoms with Crippen molar-refractivity contribution in [1.82, 2.24) is 10.2 Å². The van der Waals surface area contributed by atoms with E-state index in [2.05, 4.69) is 19.8 Å². The zero-order valence-corrected chi connectivity index (χ0v) is 17.1. The third-order valence-electron chi connectivity index (χ3n) is 5.45. The van der Waals surface area contributed by atoms with Crippen LogP contribution in [0.2, 0.25) is 0 Å². The molecule has 1 aliphatic carbocycles. The minimum atomic E-state index is -3.88. The Morgan fingerprint density at radius 1 is 0.967 bits per heavy atom. The molecule has 9 nitrogen and oxygen atoms in total. The molecule has 0 unspecified atom stereocenters. The topological polar surface area (TPSA) is 111 Å². The van der Waals surface area contributed by atoms with Gasteiger partial charge < -0.3 is 18.5 Å². The van der Waals surface area contributed by atoms with E-state index in [1.807, 2.05) is 12.1 Å². The minimum absolute atomic E-state index is 0.188. The normalized spacial score (nSPS) is 17.7. The highest BCUT2D eigenvalue weighted by atomic mass is 32.2. The molecule has 2 aliphatic rings. The van der Waals surface area contributed by atoms with Gasteiger partial charge in [0.15, 0.2) is 5.76 Å². The van der Waals surface area contributed by atoms with Gasteiger partial charge in [-0.1, -0.05) is 6.42 Å². The van der Waals surface area contributed by atoms with Crippen LogP contribution >= 0.6 is 0 Å². The van der Waals surface area contributed by atoms with Gasteiger partial charge in [0.05, 0.1) is 13.2 Å². The van der Waals surface area contributed by atoms with Gasteiger partial charge in [0.2, 0.25) is 11.0 Å². The van der Waals surface area contributed by atoms with Crippen molar-refractivity contribution in [1.29, 1.82) is 0 Å². The van der Waals surface area contributed by atoms with Crippen LogP contribution < -0.4 is 9.62 Å². The summed E-state index contributed by atoms with van der Waals surface area (Å²) in [5.41, 5.74) is 1.48. The highest BCUT2D eigenvalue weighted by molar-refractivity contribution is 7.92. The lowest BCUT2D eigenvalue weighted by Crippen LogP contribution is -2.36. The van der Waals surface area contributed by atoms with Gasteiger partial charge in [0.25, 0.3) is 15.9 Å². The van der Waals surface area contributed by atoms with E-state index in [-0.39, 0.29) is 16.7 Å². The lowest BCUT2D eigenvalue weighted by molar-refractivity contribution is 0.122. The Labute approximate surface area is 174 Å². The molecule has 0 radical (unpaired) electrons. The minimum Gasteiger partial charge on any atom is -0.438 e. The Kier molecular flexibility index (Phi) is 4.95. The Morgan fingerprint density at radius 2 is 1.73 bits per heavy atom. The molecule has 0 spiro atoms. The molecule has 2 aromatic heterocycles. The number of nitrogens with one attached hydrogen (secondary N) is 1. The first-order chi connectivity index (χ1) is 14.6. The van der Waals surface area contributed by atoms with Crippen molar-refractivity contribution in [2.75, 3.05) is 35.9 Å². The van der Waals surface area contributed by atoms with Crippen LogP contribution in [0.4, 0.5) is 11.4 Å². The second-order valence-corrected chi connectivity index (χ2v) is 9.06. The first kappa shape index (κ1) is 19.1. The van der Waals surface area contributed by atoms with Gasteiger partial charge in [-0.3, -0.25) is 4.72 Å². The Balaban J connectivity index is 1.29. The average molecular weight is 430 g/mol. The molecular weight excluding hydrogens is 408 g/mol. The lowest BCUT2D eigenvalue weighted by Gasteiger charge is -2.28. The molecule has 1 saturated heterocycles. The Hall–Kier alpha value is -2.85. The van der Waals surface area contributed by atoms with Gasteiger partial charge in [-0.05, 0) is 49.2 Å². The summed E-state index contributed by atoms with van der Waals surface area (Å²) in [6.07, 6.45) is 3.23. The van der Waals surface area contributed by atoms with E-state index in [0.29, 0.717) is 30.7 Å². The molecule has 1 aromatic carbocycles. The predicted octanol–water partition coefficient (Wildman–Crippen LogP) is 3.23. The molecule has 5 rings (SSSR count). The molecule has 3 heterocycles. The molecule has 0 amide bonds. The molecule has 30 heavy (non-hydrogen) atoms. The van der Waals surface area contributed by atoms with Crippen LogP contribution in [-0.4, -0.2) is 44.9 Å². The highest BCUT2D eigenvalue weighted by Gasteiger charge is 2.27. The zero-order valence-electron chi connectivity index (χ0n) is 16.3. The van der Waals surface area contributed by atoms with Gasteiger partial charge in [-0.15, -0.1) is 10.2 Å². The number of hydrogen-bond acceptors (Lipinski definition) is 8. The number of ether oxygens (including phenoxy) is 1. The van der Waals surface area contributed by atoms with Crippen molar-refractivity contribution < 1.29 is 22.0 Å². The quantitative estimate of drug-likeness (QED) is 0.635. The molecule has 0 bridgehead atoms. The second kappa shape index (κ2) is 7.77. The monoisotopic (exact) mass is 430 g/mol. The molecule has 2 fully saturated rings. The fourth-order valence-corrected chi connectivity index (χ4v) is 4.49. The van der Waals surface area contributed by atoms with Crippen molar-refractivity contribution in [3.8, 4) is 11.7 Å². The first-order valence-electron chi connectivity index (χ1n) is 9.98. The van der Waals surface area contributed by atoms with Crippen LogP contribution in [0.1, 0.15) is 31.1 Å². The van der Waals surface area contributed by atoms with Gasteiger partial charge in [0.1, 0.15) is 0 Å². The molecule has 0 atom stereocenters. The third kappa shape index (κ3) is 3.80. The zero-order chi connectivity index (χ0) is 20.6. The number of benzene rings is 1. The number of hydrogen-bond donors (Lipinski definition) is 1. The maximum Gasteiger partial charge on any atom is 0.295 e. The molecule has 3 aromatic rings. The number of furan rings is 1. The van der Waals surface area contributed by atoms with Gasteiger partial charge >= 0.3 is 0 Å². The number of nitrogens with zero attached hydrogens (tertiary/aromatic N) is 3. The number of rotatable bonds is 6. The van der Waals surface area contributed by atoms with Crippen molar-refractivity contribution in [3.63, 3.8) is 0 Å². The summed E-state index contributed by atoms with van der Waals surface area (Å²) in [5, 5.41) is 7.82. The second-order valence-electron chi connectivity index (χ2n) is 7.44. The van der Waals surface area contributed by atoms with E-state index < -0.39 is 10.0 Å². The van der Waals surface area contributed by atoms with E-state index in [9.17, 15) is 8.42 Å². The SMILES string of the molecule is O=S(=O)(Nc1ccc(N2CCOCC2)cc1)c1ccc(-c2nnc(C3CCC3)o2)o1. The van der Waals surface area contributed by atoms with E-state index in [0.717, 1.165) is 38.0 Å². The summed E-state index contributed by atoms with van der Waals surface area (Å²) in [6.45, 7) is 3.02. The van der Waals surface area contributed by atoms with Gasteiger partial charge in [-0.2, -0.15) is 8.42 Å². The number of sulfonamides is 1. The highest BCUT2D eigenvalue weighted by Crippen LogP contribution is 2.36. The van der Waals surface area contributed by atoms with E-state index in [1.54, 1.807) is 12.1 Å². The largest absolute Gasteiger partial charge is 0.438 e. The summed E-state index contributed by atoms with van der Waals surface area (Å²) in [4.78, 5) is 2.20. The van der Waals surface area contributed by atoms with Crippen LogP contribution in [0.5, 0.6) is 0 Å². The Bertz CT molecular complexity index is 1110. The predicted molar refractivity (Wildman–Crippen MR) is 109 cm³/mol. The van der Waals surface area contributed by atoms with Crippen molar-refractivity contribution in [2.24, 2.45) is 0 Å². The molecule has 1 aliphatic heterocycles. The summed E-state index contributed by atoms with van der Waals surface area (Å²) in [7, 11) is -3.88. The fourth-order valence-electron chi connectivity index (χ4n) is 3.50. The summed E-state index contributed by atoms with van der Waals surface area (Å²) < 4.78 is 44.4. The maximum absolute atomic E-state index is 12.7. The smallest absolute Gasteiger partial charge is 0.295 e. The van der Waals surface area contributed by atoms with Crippen molar-refractivity contribution in [2.45, 2.75) is 30.3 Å². The Morgan fingerprint density at radius 3 is 2.43 bits per heavy atom. The number of aromatic nitrogens is 2. The fraction of sp³-hybridized carbons (Fsp3) is 0.400. The lowest BCUT2D eigenvalue weighted by atomic mass is 9.85. The molecule has 158 valence electrons. The summed E-state index contributed by atoms with van der Waals surface area (Å²) >= 11 is 0. The van der Waals surface area contributed by atoms with Crippen LogP contribution in [0, 0.1) is 0 Å². The number of morpholine rings is 1. The van der Waals surface area contributed by atoms with Gasteiger partial charge in [0, 0.05) is 30.4 Å². The van der Waals surface area contributed by atoms with Crippen molar-refractivity contribution >= 4 is 21.4 Å². The molecule has 10 heteroatoms. The van der Waals surface area contributed by atoms with Crippen LogP contribution in [-0.2, 0) is 14.8 Å². The van der Waals surface area contributed by atoms with Crippen LogP contribution in [0.15, 0.2) is 50.3 Å². The maximum atomic E-state index is 12.7. The van der Waals surface area contributed by atoms with E-state index >= 15 is 0 Å². The first-order valence-corrected chi connectivity index (χ1v) is 11.5. The molecule has 1 saturated carbocycles. The molecule has 1 N–H and O–H groups in total. The standard InChI is InChI=1S/C20H22N4O5S/c25-30(26,23-15-4-6-16(7-5-15)24-10-12-27-13-11-24)18-9-8-17(28-18)20-22-21-19(29-20)14-2-1-3-14/h4-9,14,23H,1-3,10-13H2. The van der Waals surface area contributed by atoms with Crippen LogP contribution in [0.25, 0.3) is 11.7 Å². The number of anilines is 2. The van der Waals surface area contributed by atoms with E-state index in [1.165, 1.54) is 12.1 Å². The van der Waals surface area contributed by atoms with Crippen LogP contribution in [0.3, 0.4) is 0 Å². The summed E-state index contributed by atoms with van der Waals surface area (Å²) in [6, 6.07) is 10.1. The molecular formula is C20H22N4O5S. The van der Waals surface area contributed by atoms with Crippen molar-refractivity contribution in [3.05, 3.63) is 42.3 Å². The van der Waals surface area contributed by atoms with Gasteiger partial charge in [-0.25, -0.2) is 0 Å². The average Bonchev–Trinajstić information content (AvgIpc) is 3.38.